The highest BCUT2D eigenvalue weighted by molar-refractivity contribution is 7.99. The molecule has 3 aromatic carbocycles. The molecule has 172 valence electrons. The maximum absolute atomic E-state index is 14.6. The van der Waals surface area contributed by atoms with E-state index >= 15 is 0 Å². The van der Waals surface area contributed by atoms with Crippen LogP contribution >= 0.6 is 23.4 Å². The fraction of sp³-hybridized carbons (Fsp3) is 0.125. The summed E-state index contributed by atoms with van der Waals surface area (Å²) in [6, 6.07) is 15.9. The summed E-state index contributed by atoms with van der Waals surface area (Å²) >= 11 is 7.29. The molecule has 0 aliphatic carbocycles. The predicted octanol–water partition coefficient (Wildman–Crippen LogP) is 4.68. The van der Waals surface area contributed by atoms with Gasteiger partial charge in [-0.15, -0.1) is 0 Å². The van der Waals surface area contributed by atoms with Crippen LogP contribution in [0.25, 0.3) is 16.6 Å². The molecule has 2 heterocycles. The third-order valence-electron chi connectivity index (χ3n) is 5.08. The van der Waals surface area contributed by atoms with Gasteiger partial charge in [-0.2, -0.15) is 0 Å². The molecule has 34 heavy (non-hydrogen) atoms. The van der Waals surface area contributed by atoms with Crippen LogP contribution in [-0.2, 0) is 4.79 Å². The number of thioether (sulfide) groups is 1. The molecule has 1 amide bonds. The predicted molar refractivity (Wildman–Crippen MR) is 129 cm³/mol. The number of carbonyl (C=O) groups excluding carboxylic acids is 1. The van der Waals surface area contributed by atoms with Crippen molar-refractivity contribution < 1.29 is 18.7 Å². The van der Waals surface area contributed by atoms with E-state index in [-0.39, 0.29) is 22.5 Å². The van der Waals surface area contributed by atoms with Crippen LogP contribution in [0.5, 0.6) is 11.5 Å². The minimum Gasteiger partial charge on any atom is -0.486 e. The number of aromatic nitrogens is 2. The Balaban J connectivity index is 1.44. The van der Waals surface area contributed by atoms with E-state index in [4.69, 9.17) is 21.1 Å². The molecule has 0 saturated carbocycles. The zero-order valence-corrected chi connectivity index (χ0v) is 19.2. The smallest absolute Gasteiger partial charge is 0.266 e. The normalized spacial score (nSPS) is 12.5. The van der Waals surface area contributed by atoms with Crippen molar-refractivity contribution in [2.75, 3.05) is 24.3 Å². The van der Waals surface area contributed by atoms with Gasteiger partial charge in [-0.3, -0.25) is 14.2 Å². The van der Waals surface area contributed by atoms with Crippen molar-refractivity contribution in [2.45, 2.75) is 5.16 Å². The Kier molecular flexibility index (Phi) is 6.12. The number of hydrogen-bond acceptors (Lipinski definition) is 6. The number of halogens is 2. The lowest BCUT2D eigenvalue weighted by Gasteiger charge is -2.20. The van der Waals surface area contributed by atoms with Crippen LogP contribution in [-0.4, -0.2) is 34.4 Å². The van der Waals surface area contributed by atoms with Crippen molar-refractivity contribution in [1.29, 1.82) is 0 Å². The Morgan fingerprint density at radius 2 is 1.79 bits per heavy atom. The van der Waals surface area contributed by atoms with E-state index in [1.54, 1.807) is 42.5 Å². The van der Waals surface area contributed by atoms with Gasteiger partial charge in [0.2, 0.25) is 5.91 Å². The van der Waals surface area contributed by atoms with Gasteiger partial charge in [-0.1, -0.05) is 47.6 Å². The number of carbonyl (C=O) groups is 1. The lowest BCUT2D eigenvalue weighted by molar-refractivity contribution is -0.113. The molecule has 0 unspecified atom stereocenters. The van der Waals surface area contributed by atoms with Crippen LogP contribution in [0.15, 0.2) is 70.6 Å². The number of fused-ring (bicyclic) bond motifs is 2. The van der Waals surface area contributed by atoms with Crippen LogP contribution in [0.2, 0.25) is 5.02 Å². The molecular formula is C24H17ClFN3O4S. The summed E-state index contributed by atoms with van der Waals surface area (Å²) in [5, 5.41) is 3.58. The third-order valence-corrected chi connectivity index (χ3v) is 6.33. The van der Waals surface area contributed by atoms with Crippen molar-refractivity contribution in [3.63, 3.8) is 0 Å². The van der Waals surface area contributed by atoms with E-state index in [1.165, 1.54) is 22.8 Å². The lowest BCUT2D eigenvalue weighted by atomic mass is 10.2. The summed E-state index contributed by atoms with van der Waals surface area (Å²) in [5.41, 5.74) is 0.462. The largest absolute Gasteiger partial charge is 0.486 e. The first-order valence-corrected chi connectivity index (χ1v) is 11.7. The minimum absolute atomic E-state index is 0.0588. The summed E-state index contributed by atoms with van der Waals surface area (Å²) < 4.78 is 26.8. The second kappa shape index (κ2) is 9.36. The minimum atomic E-state index is -0.573. The quantitative estimate of drug-likeness (QED) is 0.318. The average molecular weight is 498 g/mol. The molecule has 7 nitrogen and oxygen atoms in total. The zero-order chi connectivity index (χ0) is 23.7. The molecule has 1 aliphatic heterocycles. The van der Waals surface area contributed by atoms with Crippen molar-refractivity contribution in [3.8, 4) is 17.2 Å². The third kappa shape index (κ3) is 4.32. The molecule has 0 saturated heterocycles. The molecule has 5 rings (SSSR count). The first-order chi connectivity index (χ1) is 16.5. The SMILES string of the molecule is O=C(CSc1nc2ccccc2c(=O)n1-c1ccccc1F)Nc1cc2c(cc1Cl)OCCO2. The standard InChI is InChI=1S/C24H17ClFN3O4S/c25-15-11-20-21(33-10-9-32-20)12-18(15)27-22(30)13-34-24-28-17-7-3-1-5-14(17)23(31)29(24)19-8-4-2-6-16(19)26/h1-8,11-12H,9-10,13H2,(H,27,30). The number of nitrogens with one attached hydrogen (secondary N) is 1. The van der Waals surface area contributed by atoms with Gasteiger partial charge in [0.1, 0.15) is 19.0 Å². The first kappa shape index (κ1) is 22.2. The second-order valence-corrected chi connectivity index (χ2v) is 8.67. The molecule has 0 fully saturated rings. The Morgan fingerprint density at radius 1 is 1.09 bits per heavy atom. The van der Waals surface area contributed by atoms with E-state index < -0.39 is 11.4 Å². The Morgan fingerprint density at radius 3 is 2.59 bits per heavy atom. The maximum atomic E-state index is 14.6. The highest BCUT2D eigenvalue weighted by Gasteiger charge is 2.19. The van der Waals surface area contributed by atoms with E-state index in [9.17, 15) is 14.0 Å². The molecule has 10 heteroatoms. The van der Waals surface area contributed by atoms with E-state index in [0.29, 0.717) is 46.3 Å². The Labute approximate surface area is 202 Å². The Bertz CT molecular complexity index is 1480. The number of nitrogens with zero attached hydrogens (tertiary/aromatic N) is 2. The number of para-hydroxylation sites is 2. The topological polar surface area (TPSA) is 82.5 Å². The molecule has 1 N–H and O–H groups in total. The number of amides is 1. The molecule has 1 aromatic heterocycles. The van der Waals surface area contributed by atoms with E-state index in [1.807, 2.05) is 0 Å². The molecule has 0 atom stereocenters. The van der Waals surface area contributed by atoms with Gasteiger partial charge in [-0.05, 0) is 24.3 Å². The fourth-order valence-electron chi connectivity index (χ4n) is 3.53. The zero-order valence-electron chi connectivity index (χ0n) is 17.6. The van der Waals surface area contributed by atoms with Crippen LogP contribution in [0.3, 0.4) is 0 Å². The average Bonchev–Trinajstić information content (AvgIpc) is 2.84. The molecule has 0 bridgehead atoms. The number of rotatable bonds is 5. The van der Waals surface area contributed by atoms with Gasteiger partial charge in [-0.25, -0.2) is 9.37 Å². The molecule has 1 aliphatic rings. The molecular weight excluding hydrogens is 481 g/mol. The molecule has 4 aromatic rings. The lowest BCUT2D eigenvalue weighted by Crippen LogP contribution is -2.23. The van der Waals surface area contributed by atoms with E-state index in [0.717, 1.165) is 11.8 Å². The van der Waals surface area contributed by atoms with Gasteiger partial charge >= 0.3 is 0 Å². The summed E-state index contributed by atoms with van der Waals surface area (Å²) in [6.07, 6.45) is 0. The van der Waals surface area contributed by atoms with Crippen molar-refractivity contribution >= 4 is 45.9 Å². The van der Waals surface area contributed by atoms with E-state index in [2.05, 4.69) is 10.3 Å². The van der Waals surface area contributed by atoms with Crippen LogP contribution in [0.1, 0.15) is 0 Å². The molecule has 0 spiro atoms. The van der Waals surface area contributed by atoms with Gasteiger partial charge in [0.15, 0.2) is 16.7 Å². The number of anilines is 1. The fourth-order valence-corrected chi connectivity index (χ4v) is 4.54. The van der Waals surface area contributed by atoms with Crippen molar-refractivity contribution in [3.05, 3.63) is 81.9 Å². The highest BCUT2D eigenvalue weighted by Crippen LogP contribution is 2.38. The highest BCUT2D eigenvalue weighted by atomic mass is 35.5. The number of benzene rings is 3. The van der Waals surface area contributed by atoms with Gasteiger partial charge in [0, 0.05) is 12.1 Å². The number of hydrogen-bond donors (Lipinski definition) is 1. The second-order valence-electron chi connectivity index (χ2n) is 7.32. The van der Waals surface area contributed by atoms with Gasteiger partial charge in [0.05, 0.1) is 33.1 Å². The number of ether oxygens (including phenoxy) is 2. The van der Waals surface area contributed by atoms with Crippen molar-refractivity contribution in [1.82, 2.24) is 9.55 Å². The van der Waals surface area contributed by atoms with Crippen LogP contribution < -0.4 is 20.3 Å². The first-order valence-electron chi connectivity index (χ1n) is 10.3. The monoisotopic (exact) mass is 497 g/mol. The molecule has 0 radical (unpaired) electrons. The Hall–Kier alpha value is -3.56. The summed E-state index contributed by atoms with van der Waals surface area (Å²) in [6.45, 7) is 0.827. The summed E-state index contributed by atoms with van der Waals surface area (Å²) in [7, 11) is 0. The van der Waals surface area contributed by atoms with Crippen molar-refractivity contribution in [2.24, 2.45) is 0 Å². The maximum Gasteiger partial charge on any atom is 0.266 e. The van der Waals surface area contributed by atoms with Crippen LogP contribution in [0.4, 0.5) is 10.1 Å². The van der Waals surface area contributed by atoms with Crippen LogP contribution in [0, 0.1) is 5.82 Å². The van der Waals surface area contributed by atoms with Gasteiger partial charge in [0.25, 0.3) is 5.56 Å². The summed E-state index contributed by atoms with van der Waals surface area (Å²) in [5.74, 6) is -0.0486. The van der Waals surface area contributed by atoms with Gasteiger partial charge < -0.3 is 14.8 Å². The summed E-state index contributed by atoms with van der Waals surface area (Å²) in [4.78, 5) is 30.5.